The zero-order valence-electron chi connectivity index (χ0n) is 17.6. The second-order valence-electron chi connectivity index (χ2n) is 7.72. The maximum absolute atomic E-state index is 12.8. The van der Waals surface area contributed by atoms with Crippen molar-refractivity contribution in [1.82, 2.24) is 0 Å². The molecule has 1 atom stereocenters. The summed E-state index contributed by atoms with van der Waals surface area (Å²) in [5.74, 6) is -0.253. The topological polar surface area (TPSA) is 71.1 Å². The van der Waals surface area contributed by atoms with Gasteiger partial charge in [0, 0.05) is 37.7 Å². The second-order valence-corrected chi connectivity index (χ2v) is 7.72. The summed E-state index contributed by atoms with van der Waals surface area (Å²) >= 11 is 0. The molecule has 2 aromatic rings. The van der Waals surface area contributed by atoms with E-state index in [0.29, 0.717) is 5.56 Å². The minimum absolute atomic E-state index is 0.105. The fraction of sp³-hybridized carbons (Fsp3) is 0.391. The standard InChI is InChI=1S/C23H27N3O4/c1-15-22(27)25(2)20-9-8-18(14-21(20)26(15)19-10-12-30-13-11-19)24-17-6-4-16(5-7-17)23(28)29-3/h4-9,14-15,19,24H,10-13H2,1-3H3/t15-/m1/s1. The van der Waals surface area contributed by atoms with Crippen molar-refractivity contribution in [1.29, 1.82) is 0 Å². The Bertz CT molecular complexity index is 938. The molecule has 2 aliphatic heterocycles. The van der Waals surface area contributed by atoms with Gasteiger partial charge in [-0.3, -0.25) is 4.79 Å². The van der Waals surface area contributed by atoms with E-state index in [1.807, 2.05) is 38.2 Å². The van der Waals surface area contributed by atoms with Crippen molar-refractivity contribution in [2.75, 3.05) is 42.5 Å². The Morgan fingerprint density at radius 3 is 2.40 bits per heavy atom. The van der Waals surface area contributed by atoms with E-state index in [-0.39, 0.29) is 24.0 Å². The van der Waals surface area contributed by atoms with Crippen molar-refractivity contribution in [3.05, 3.63) is 48.0 Å². The lowest BCUT2D eigenvalue weighted by Crippen LogP contribution is -2.55. The minimum Gasteiger partial charge on any atom is -0.465 e. The highest BCUT2D eigenvalue weighted by Crippen LogP contribution is 2.40. The summed E-state index contributed by atoms with van der Waals surface area (Å²) in [7, 11) is 3.20. The van der Waals surface area contributed by atoms with E-state index >= 15 is 0 Å². The van der Waals surface area contributed by atoms with Crippen LogP contribution in [-0.2, 0) is 14.3 Å². The molecule has 1 fully saturated rings. The van der Waals surface area contributed by atoms with Crippen LogP contribution in [0, 0.1) is 0 Å². The number of benzene rings is 2. The molecule has 0 spiro atoms. The van der Waals surface area contributed by atoms with Gasteiger partial charge in [-0.1, -0.05) is 0 Å². The highest BCUT2D eigenvalue weighted by Gasteiger charge is 2.37. The molecule has 1 N–H and O–H groups in total. The maximum atomic E-state index is 12.8. The molecule has 4 rings (SSSR count). The lowest BCUT2D eigenvalue weighted by Gasteiger charge is -2.45. The van der Waals surface area contributed by atoms with Crippen LogP contribution in [0.1, 0.15) is 30.1 Å². The molecule has 2 heterocycles. The molecule has 1 saturated heterocycles. The zero-order chi connectivity index (χ0) is 21.3. The number of likely N-dealkylation sites (N-methyl/N-ethyl adjacent to an activating group) is 1. The van der Waals surface area contributed by atoms with Gasteiger partial charge in [-0.05, 0) is 62.2 Å². The summed E-state index contributed by atoms with van der Waals surface area (Å²) < 4.78 is 10.3. The van der Waals surface area contributed by atoms with Crippen molar-refractivity contribution in [3.8, 4) is 0 Å². The van der Waals surface area contributed by atoms with Gasteiger partial charge < -0.3 is 24.6 Å². The molecule has 0 unspecified atom stereocenters. The third-order valence-electron chi connectivity index (χ3n) is 5.90. The van der Waals surface area contributed by atoms with Crippen LogP contribution in [0.15, 0.2) is 42.5 Å². The second kappa shape index (κ2) is 8.36. The first-order chi connectivity index (χ1) is 14.5. The molecule has 0 radical (unpaired) electrons. The Morgan fingerprint density at radius 1 is 1.07 bits per heavy atom. The van der Waals surface area contributed by atoms with E-state index in [0.717, 1.165) is 48.8 Å². The first kappa shape index (κ1) is 20.2. The quantitative estimate of drug-likeness (QED) is 0.779. The third-order valence-corrected chi connectivity index (χ3v) is 5.90. The van der Waals surface area contributed by atoms with Gasteiger partial charge in [0.15, 0.2) is 0 Å². The highest BCUT2D eigenvalue weighted by atomic mass is 16.5. The third kappa shape index (κ3) is 3.73. The summed E-state index contributed by atoms with van der Waals surface area (Å²) in [6.07, 6.45) is 1.82. The Hall–Kier alpha value is -3.06. The molecule has 0 saturated carbocycles. The van der Waals surface area contributed by atoms with Crippen LogP contribution < -0.4 is 15.1 Å². The number of rotatable bonds is 4. The van der Waals surface area contributed by atoms with Gasteiger partial charge in [0.1, 0.15) is 6.04 Å². The van der Waals surface area contributed by atoms with E-state index in [1.165, 1.54) is 7.11 Å². The summed E-state index contributed by atoms with van der Waals surface area (Å²) in [6.45, 7) is 3.42. The first-order valence-electron chi connectivity index (χ1n) is 10.2. The van der Waals surface area contributed by atoms with Crippen LogP contribution in [0.25, 0.3) is 0 Å². The number of anilines is 4. The predicted molar refractivity (Wildman–Crippen MR) is 117 cm³/mol. The molecule has 158 valence electrons. The van der Waals surface area contributed by atoms with Gasteiger partial charge >= 0.3 is 5.97 Å². The lowest BCUT2D eigenvalue weighted by molar-refractivity contribution is -0.119. The smallest absolute Gasteiger partial charge is 0.337 e. The summed E-state index contributed by atoms with van der Waals surface area (Å²) in [5.41, 5.74) is 4.26. The number of methoxy groups -OCH3 is 1. The number of esters is 1. The Kier molecular flexibility index (Phi) is 5.63. The largest absolute Gasteiger partial charge is 0.465 e. The molecule has 7 heteroatoms. The van der Waals surface area contributed by atoms with E-state index in [9.17, 15) is 9.59 Å². The highest BCUT2D eigenvalue weighted by molar-refractivity contribution is 6.05. The SMILES string of the molecule is COC(=O)c1ccc(Nc2ccc3c(c2)N(C2CCOCC2)[C@H](C)C(=O)N3C)cc1. The summed E-state index contributed by atoms with van der Waals surface area (Å²) in [6, 6.07) is 13.3. The zero-order valence-corrected chi connectivity index (χ0v) is 17.6. The number of hydrogen-bond acceptors (Lipinski definition) is 6. The monoisotopic (exact) mass is 409 g/mol. The van der Waals surface area contributed by atoms with Gasteiger partial charge in [0.05, 0.1) is 24.0 Å². The minimum atomic E-state index is -0.357. The molecule has 0 bridgehead atoms. The van der Waals surface area contributed by atoms with E-state index < -0.39 is 0 Å². The van der Waals surface area contributed by atoms with Crippen LogP contribution in [0.4, 0.5) is 22.7 Å². The van der Waals surface area contributed by atoms with E-state index in [1.54, 1.807) is 17.0 Å². The van der Waals surface area contributed by atoms with Crippen LogP contribution in [-0.4, -0.2) is 51.3 Å². The number of carbonyl (C=O) groups excluding carboxylic acids is 2. The molecule has 0 aliphatic carbocycles. The Morgan fingerprint density at radius 2 is 1.73 bits per heavy atom. The normalized spacial score (nSPS) is 19.4. The van der Waals surface area contributed by atoms with Crippen molar-refractivity contribution in [2.24, 2.45) is 0 Å². The average Bonchev–Trinajstić information content (AvgIpc) is 2.78. The maximum Gasteiger partial charge on any atom is 0.337 e. The van der Waals surface area contributed by atoms with Crippen LogP contribution in [0.3, 0.4) is 0 Å². The predicted octanol–water partition coefficient (Wildman–Crippen LogP) is 3.57. The number of amides is 1. The van der Waals surface area contributed by atoms with Crippen molar-refractivity contribution in [3.63, 3.8) is 0 Å². The van der Waals surface area contributed by atoms with Crippen molar-refractivity contribution >= 4 is 34.6 Å². The summed E-state index contributed by atoms with van der Waals surface area (Å²) in [4.78, 5) is 28.5. The molecule has 2 aromatic carbocycles. The molecule has 1 amide bonds. The number of fused-ring (bicyclic) bond motifs is 1. The Balaban J connectivity index is 1.64. The molecular formula is C23H27N3O4. The number of hydrogen-bond donors (Lipinski definition) is 1. The molecule has 7 nitrogen and oxygen atoms in total. The molecule has 0 aromatic heterocycles. The van der Waals surface area contributed by atoms with Crippen LogP contribution in [0.5, 0.6) is 0 Å². The van der Waals surface area contributed by atoms with Crippen molar-refractivity contribution < 1.29 is 19.1 Å². The number of nitrogens with zero attached hydrogens (tertiary/aromatic N) is 2. The number of ether oxygens (including phenoxy) is 2. The van der Waals surface area contributed by atoms with E-state index in [2.05, 4.69) is 16.3 Å². The fourth-order valence-electron chi connectivity index (χ4n) is 4.27. The molecular weight excluding hydrogens is 382 g/mol. The van der Waals surface area contributed by atoms with Gasteiger partial charge in [-0.15, -0.1) is 0 Å². The van der Waals surface area contributed by atoms with Gasteiger partial charge in [0.2, 0.25) is 5.91 Å². The lowest BCUT2D eigenvalue weighted by atomic mass is 9.99. The van der Waals surface area contributed by atoms with Crippen LogP contribution >= 0.6 is 0 Å². The van der Waals surface area contributed by atoms with Gasteiger partial charge in [-0.25, -0.2) is 4.79 Å². The molecule has 30 heavy (non-hydrogen) atoms. The van der Waals surface area contributed by atoms with E-state index in [4.69, 9.17) is 9.47 Å². The fourth-order valence-corrected chi connectivity index (χ4v) is 4.27. The van der Waals surface area contributed by atoms with Crippen LogP contribution in [0.2, 0.25) is 0 Å². The average molecular weight is 409 g/mol. The first-order valence-corrected chi connectivity index (χ1v) is 10.2. The van der Waals surface area contributed by atoms with Gasteiger partial charge in [0.25, 0.3) is 0 Å². The number of carbonyl (C=O) groups is 2. The van der Waals surface area contributed by atoms with Crippen molar-refractivity contribution in [2.45, 2.75) is 31.8 Å². The summed E-state index contributed by atoms with van der Waals surface area (Å²) in [5, 5.41) is 3.40. The Labute approximate surface area is 176 Å². The van der Waals surface area contributed by atoms with Gasteiger partial charge in [-0.2, -0.15) is 0 Å². The number of nitrogens with one attached hydrogen (secondary N) is 1. The molecule has 2 aliphatic rings.